The number of hydrogen-bond acceptors (Lipinski definition) is 3. The lowest BCUT2D eigenvalue weighted by Crippen LogP contribution is -2.30. The fourth-order valence-electron chi connectivity index (χ4n) is 2.91. The van der Waals surface area contributed by atoms with Crippen LogP contribution in [0.15, 0.2) is 24.3 Å². The van der Waals surface area contributed by atoms with Gasteiger partial charge in [0.25, 0.3) is 5.91 Å². The predicted molar refractivity (Wildman–Crippen MR) is 92.5 cm³/mol. The lowest BCUT2D eigenvalue weighted by molar-refractivity contribution is -0.116. The Morgan fingerprint density at radius 2 is 1.91 bits per heavy atom. The van der Waals surface area contributed by atoms with Gasteiger partial charge < -0.3 is 15.5 Å². The number of anilines is 1. The summed E-state index contributed by atoms with van der Waals surface area (Å²) >= 11 is 0. The summed E-state index contributed by atoms with van der Waals surface area (Å²) in [7, 11) is 0. The van der Waals surface area contributed by atoms with Gasteiger partial charge in [0.05, 0.1) is 0 Å². The first-order valence-electron chi connectivity index (χ1n) is 8.54. The minimum atomic E-state index is 0.0293. The quantitative estimate of drug-likeness (QED) is 0.812. The van der Waals surface area contributed by atoms with Gasteiger partial charge in [0.15, 0.2) is 0 Å². The summed E-state index contributed by atoms with van der Waals surface area (Å²) < 4.78 is 0. The minimum Gasteiger partial charge on any atom is -0.339 e. The molecule has 1 fully saturated rings. The number of carbonyl (C=O) groups is 2. The highest BCUT2D eigenvalue weighted by Crippen LogP contribution is 2.16. The van der Waals surface area contributed by atoms with Crippen molar-refractivity contribution in [3.63, 3.8) is 0 Å². The van der Waals surface area contributed by atoms with E-state index in [9.17, 15) is 9.59 Å². The molecule has 1 atom stereocenters. The number of nitrogens with one attached hydrogen (secondary N) is 2. The fraction of sp³-hybridized carbons (Fsp3) is 0.556. The zero-order chi connectivity index (χ0) is 16.7. The first kappa shape index (κ1) is 17.5. The second kappa shape index (κ2) is 8.67. The van der Waals surface area contributed by atoms with Crippen LogP contribution < -0.4 is 10.6 Å². The van der Waals surface area contributed by atoms with Crippen LogP contribution in [0.4, 0.5) is 5.69 Å². The molecule has 23 heavy (non-hydrogen) atoms. The molecule has 5 heteroatoms. The molecule has 0 spiro atoms. The molecule has 1 unspecified atom stereocenters. The molecular weight excluding hydrogens is 290 g/mol. The van der Waals surface area contributed by atoms with E-state index in [2.05, 4.69) is 10.6 Å². The zero-order valence-corrected chi connectivity index (χ0v) is 14.1. The summed E-state index contributed by atoms with van der Waals surface area (Å²) in [6.45, 7) is 7.42. The Labute approximate surface area is 138 Å². The first-order valence-corrected chi connectivity index (χ1v) is 8.54. The second-order valence-corrected chi connectivity index (χ2v) is 6.00. The van der Waals surface area contributed by atoms with Crippen molar-refractivity contribution >= 4 is 17.5 Å². The topological polar surface area (TPSA) is 61.4 Å². The van der Waals surface area contributed by atoms with Crippen molar-refractivity contribution in [1.29, 1.82) is 0 Å². The van der Waals surface area contributed by atoms with E-state index in [0.717, 1.165) is 31.6 Å². The standard InChI is InChI=1S/C18H27N3O2/c1-3-21(4-2)18(23)15-6-8-16(9-7-15)20-17(22)10-5-14-11-12-19-13-14/h6-9,14,19H,3-5,10-13H2,1-2H3,(H,20,22). The first-order chi connectivity index (χ1) is 11.1. The number of rotatable bonds is 7. The van der Waals surface area contributed by atoms with Crippen LogP contribution in [0.1, 0.15) is 43.5 Å². The highest BCUT2D eigenvalue weighted by molar-refractivity contribution is 5.95. The molecule has 1 aromatic carbocycles. The lowest BCUT2D eigenvalue weighted by atomic mass is 10.0. The molecule has 2 amide bonds. The van der Waals surface area contributed by atoms with Crippen LogP contribution in [0.25, 0.3) is 0 Å². The monoisotopic (exact) mass is 317 g/mol. The molecule has 1 heterocycles. The van der Waals surface area contributed by atoms with Crippen LogP contribution in [-0.4, -0.2) is 42.9 Å². The molecule has 1 aliphatic heterocycles. The average molecular weight is 317 g/mol. The van der Waals surface area contributed by atoms with Crippen molar-refractivity contribution in [2.75, 3.05) is 31.5 Å². The molecule has 0 radical (unpaired) electrons. The highest BCUT2D eigenvalue weighted by Gasteiger charge is 2.16. The number of amides is 2. The summed E-state index contributed by atoms with van der Waals surface area (Å²) in [6, 6.07) is 7.14. The second-order valence-electron chi connectivity index (χ2n) is 6.00. The van der Waals surface area contributed by atoms with Gasteiger partial charge in [-0.2, -0.15) is 0 Å². The number of benzene rings is 1. The third-order valence-electron chi connectivity index (χ3n) is 4.41. The van der Waals surface area contributed by atoms with E-state index in [0.29, 0.717) is 31.0 Å². The van der Waals surface area contributed by atoms with Gasteiger partial charge in [-0.15, -0.1) is 0 Å². The molecule has 1 aliphatic rings. The van der Waals surface area contributed by atoms with Crippen molar-refractivity contribution in [1.82, 2.24) is 10.2 Å². The van der Waals surface area contributed by atoms with E-state index in [4.69, 9.17) is 0 Å². The maximum Gasteiger partial charge on any atom is 0.253 e. The maximum atomic E-state index is 12.2. The van der Waals surface area contributed by atoms with Crippen LogP contribution in [0, 0.1) is 5.92 Å². The summed E-state index contributed by atoms with van der Waals surface area (Å²) in [5.74, 6) is 0.691. The molecule has 0 bridgehead atoms. The Bertz CT molecular complexity index is 518. The summed E-state index contributed by atoms with van der Waals surface area (Å²) in [5.41, 5.74) is 1.40. The van der Waals surface area contributed by atoms with E-state index in [1.807, 2.05) is 13.8 Å². The van der Waals surface area contributed by atoms with E-state index in [-0.39, 0.29) is 11.8 Å². The maximum absolute atomic E-state index is 12.2. The van der Waals surface area contributed by atoms with Crippen LogP contribution in [0.2, 0.25) is 0 Å². The molecule has 0 saturated carbocycles. The van der Waals surface area contributed by atoms with Gasteiger partial charge in [0, 0.05) is 30.8 Å². The van der Waals surface area contributed by atoms with E-state index < -0.39 is 0 Å². The van der Waals surface area contributed by atoms with Crippen molar-refractivity contribution in [3.05, 3.63) is 29.8 Å². The summed E-state index contributed by atoms with van der Waals surface area (Å²) in [5, 5.41) is 6.22. The summed E-state index contributed by atoms with van der Waals surface area (Å²) in [4.78, 5) is 26.0. The molecule has 2 rings (SSSR count). The Morgan fingerprint density at radius 3 is 2.48 bits per heavy atom. The van der Waals surface area contributed by atoms with Gasteiger partial charge in [0.1, 0.15) is 0 Å². The molecule has 1 aromatic rings. The summed E-state index contributed by atoms with van der Waals surface area (Å²) in [6.07, 6.45) is 2.64. The van der Waals surface area contributed by atoms with Gasteiger partial charge in [-0.3, -0.25) is 9.59 Å². The number of hydrogen-bond donors (Lipinski definition) is 2. The van der Waals surface area contributed by atoms with Crippen molar-refractivity contribution < 1.29 is 9.59 Å². The number of nitrogens with zero attached hydrogens (tertiary/aromatic N) is 1. The van der Waals surface area contributed by atoms with E-state index in [1.165, 1.54) is 0 Å². The van der Waals surface area contributed by atoms with E-state index in [1.54, 1.807) is 29.2 Å². The SMILES string of the molecule is CCN(CC)C(=O)c1ccc(NC(=O)CCC2CCNC2)cc1. The third kappa shape index (κ3) is 5.06. The van der Waals surface area contributed by atoms with Gasteiger partial charge in [0.2, 0.25) is 5.91 Å². The van der Waals surface area contributed by atoms with Crippen molar-refractivity contribution in [3.8, 4) is 0 Å². The normalized spacial score (nSPS) is 17.0. The van der Waals surface area contributed by atoms with E-state index >= 15 is 0 Å². The molecule has 5 nitrogen and oxygen atoms in total. The Kier molecular flexibility index (Phi) is 6.59. The zero-order valence-electron chi connectivity index (χ0n) is 14.1. The Hall–Kier alpha value is -1.88. The average Bonchev–Trinajstić information content (AvgIpc) is 3.08. The highest BCUT2D eigenvalue weighted by atomic mass is 16.2. The fourth-order valence-corrected chi connectivity index (χ4v) is 2.91. The number of carbonyl (C=O) groups excluding carboxylic acids is 2. The van der Waals surface area contributed by atoms with Crippen LogP contribution in [-0.2, 0) is 4.79 Å². The molecule has 0 aromatic heterocycles. The lowest BCUT2D eigenvalue weighted by Gasteiger charge is -2.18. The van der Waals surface area contributed by atoms with Crippen LogP contribution in [0.3, 0.4) is 0 Å². The molecular formula is C18H27N3O2. The molecule has 2 N–H and O–H groups in total. The van der Waals surface area contributed by atoms with Gasteiger partial charge in [-0.1, -0.05) is 0 Å². The molecule has 1 saturated heterocycles. The Balaban J connectivity index is 1.84. The van der Waals surface area contributed by atoms with Crippen LogP contribution >= 0.6 is 0 Å². The van der Waals surface area contributed by atoms with Crippen LogP contribution in [0.5, 0.6) is 0 Å². The largest absolute Gasteiger partial charge is 0.339 e. The van der Waals surface area contributed by atoms with Crippen molar-refractivity contribution in [2.24, 2.45) is 5.92 Å². The minimum absolute atomic E-state index is 0.0293. The van der Waals surface area contributed by atoms with Gasteiger partial charge >= 0.3 is 0 Å². The molecule has 0 aliphatic carbocycles. The Morgan fingerprint density at radius 1 is 1.22 bits per heavy atom. The predicted octanol–water partition coefficient (Wildman–Crippen LogP) is 2.50. The van der Waals surface area contributed by atoms with Gasteiger partial charge in [-0.25, -0.2) is 0 Å². The smallest absolute Gasteiger partial charge is 0.253 e. The van der Waals surface area contributed by atoms with Gasteiger partial charge in [-0.05, 0) is 70.0 Å². The third-order valence-corrected chi connectivity index (χ3v) is 4.41. The van der Waals surface area contributed by atoms with Crippen molar-refractivity contribution in [2.45, 2.75) is 33.1 Å². The molecule has 126 valence electrons.